The van der Waals surface area contributed by atoms with Crippen LogP contribution in [0.1, 0.15) is 33.9 Å². The zero-order valence-corrected chi connectivity index (χ0v) is 22.6. The maximum atomic E-state index is 15.5. The minimum absolute atomic E-state index is 0.108. The summed E-state index contributed by atoms with van der Waals surface area (Å²) in [5, 5.41) is 13.7. The van der Waals surface area contributed by atoms with Gasteiger partial charge in [-0.1, -0.05) is 53.7 Å². The highest BCUT2D eigenvalue weighted by molar-refractivity contribution is 7.99. The first-order chi connectivity index (χ1) is 19.6. The molecule has 0 spiro atoms. The van der Waals surface area contributed by atoms with Gasteiger partial charge in [-0.05, 0) is 36.2 Å². The molecule has 1 unspecified atom stereocenters. The van der Waals surface area contributed by atoms with Gasteiger partial charge in [0.25, 0.3) is 5.56 Å². The Hall–Kier alpha value is -4.12. The summed E-state index contributed by atoms with van der Waals surface area (Å²) in [5.41, 5.74) is -1.49. The zero-order chi connectivity index (χ0) is 29.5. The third-order valence-corrected chi connectivity index (χ3v) is 8.35. The zero-order valence-electron chi connectivity index (χ0n) is 21.8. The van der Waals surface area contributed by atoms with Crippen LogP contribution >= 0.6 is 11.8 Å². The molecule has 0 amide bonds. The topological polar surface area (TPSA) is 63.8 Å². The van der Waals surface area contributed by atoms with Crippen LogP contribution in [0.25, 0.3) is 11.1 Å². The minimum Gasteiger partial charge on any atom is -0.494 e. The quantitative estimate of drug-likeness (QED) is 0.112. The molecule has 2 heterocycles. The molecule has 1 aliphatic rings. The van der Waals surface area contributed by atoms with Gasteiger partial charge in [-0.3, -0.25) is 9.36 Å². The molecular formula is C30H23F5N2O3S. The van der Waals surface area contributed by atoms with Gasteiger partial charge in [0.2, 0.25) is 0 Å². The molecule has 0 bridgehead atoms. The van der Waals surface area contributed by atoms with Gasteiger partial charge in [-0.2, -0.15) is 13.2 Å². The fourth-order valence-electron chi connectivity index (χ4n) is 5.20. The van der Waals surface area contributed by atoms with Crippen LogP contribution in [0.15, 0.2) is 81.7 Å². The number of fused-ring (bicyclic) bond motifs is 1. The van der Waals surface area contributed by atoms with Crippen LogP contribution in [-0.4, -0.2) is 28.3 Å². The van der Waals surface area contributed by atoms with Crippen molar-refractivity contribution < 1.29 is 31.9 Å². The summed E-state index contributed by atoms with van der Waals surface area (Å²) >= 11 is 1.17. The second-order valence-electron chi connectivity index (χ2n) is 9.40. The highest BCUT2D eigenvalue weighted by atomic mass is 32.2. The van der Waals surface area contributed by atoms with E-state index in [1.807, 2.05) is 0 Å². The molecule has 5 nitrogen and oxygen atoms in total. The summed E-state index contributed by atoms with van der Waals surface area (Å²) < 4.78 is 78.7. The van der Waals surface area contributed by atoms with Crippen LogP contribution in [0.2, 0.25) is 0 Å². The third-order valence-electron chi connectivity index (χ3n) is 7.15. The normalized spacial score (nSPS) is 15.2. The smallest absolute Gasteiger partial charge is 0.416 e. The van der Waals surface area contributed by atoms with Gasteiger partial charge in [0.1, 0.15) is 11.5 Å². The molecule has 0 fully saturated rings. The number of halogens is 5. The van der Waals surface area contributed by atoms with Gasteiger partial charge in [0.15, 0.2) is 11.6 Å². The van der Waals surface area contributed by atoms with Crippen LogP contribution in [0.5, 0.6) is 5.75 Å². The lowest BCUT2D eigenvalue weighted by molar-refractivity contribution is -0.138. The summed E-state index contributed by atoms with van der Waals surface area (Å²) in [6.45, 7) is 1.51. The molecule has 212 valence electrons. The Morgan fingerprint density at radius 3 is 2.41 bits per heavy atom. The second kappa shape index (κ2) is 11.0. The van der Waals surface area contributed by atoms with E-state index in [2.05, 4.69) is 5.16 Å². The Bertz CT molecular complexity index is 1720. The first-order valence-corrected chi connectivity index (χ1v) is 13.4. The van der Waals surface area contributed by atoms with Crippen molar-refractivity contribution >= 4 is 17.5 Å². The molecule has 11 heteroatoms. The summed E-state index contributed by atoms with van der Waals surface area (Å²) in [4.78, 5) is 14.1. The molecule has 1 aromatic heterocycles. The Labute approximate surface area is 235 Å². The first-order valence-electron chi connectivity index (χ1n) is 12.4. The molecule has 0 radical (unpaired) electrons. The molecule has 41 heavy (non-hydrogen) atoms. The number of pyridine rings is 1. The molecule has 0 saturated heterocycles. The number of benzene rings is 3. The molecule has 1 atom stereocenters. The largest absolute Gasteiger partial charge is 0.494 e. The summed E-state index contributed by atoms with van der Waals surface area (Å²) in [6, 6.07) is 14.7. The summed E-state index contributed by atoms with van der Waals surface area (Å²) in [6.07, 6.45) is -5.35. The molecular weight excluding hydrogens is 563 g/mol. The van der Waals surface area contributed by atoms with E-state index in [0.29, 0.717) is 5.56 Å². The monoisotopic (exact) mass is 586 g/mol. The number of nitrogens with zero attached hydrogens (tertiary/aromatic N) is 2. The maximum absolute atomic E-state index is 15.5. The lowest BCUT2D eigenvalue weighted by Crippen LogP contribution is -2.32. The maximum Gasteiger partial charge on any atom is 0.416 e. The van der Waals surface area contributed by atoms with E-state index in [-0.39, 0.29) is 44.5 Å². The van der Waals surface area contributed by atoms with Crippen LogP contribution in [0.4, 0.5) is 22.0 Å². The number of thioether (sulfide) groups is 1. The fraction of sp³-hybridized carbons (Fsp3) is 0.200. The Balaban J connectivity index is 1.82. The third kappa shape index (κ3) is 4.99. The van der Waals surface area contributed by atoms with Crippen molar-refractivity contribution in [2.45, 2.75) is 30.6 Å². The van der Waals surface area contributed by atoms with E-state index in [4.69, 9.17) is 4.74 Å². The van der Waals surface area contributed by atoms with E-state index in [0.717, 1.165) is 18.2 Å². The van der Waals surface area contributed by atoms with Crippen molar-refractivity contribution in [2.75, 3.05) is 12.9 Å². The molecule has 3 aromatic carbocycles. The molecule has 5 rings (SSSR count). The van der Waals surface area contributed by atoms with E-state index in [1.165, 1.54) is 48.6 Å². The van der Waals surface area contributed by atoms with Crippen molar-refractivity contribution in [1.29, 1.82) is 0 Å². The van der Waals surface area contributed by atoms with Crippen LogP contribution < -0.4 is 10.3 Å². The van der Waals surface area contributed by atoms with Crippen molar-refractivity contribution in [2.24, 2.45) is 5.16 Å². The number of methoxy groups -OCH3 is 1. The van der Waals surface area contributed by atoms with Gasteiger partial charge in [-0.15, -0.1) is 11.8 Å². The first kappa shape index (κ1) is 28.4. The van der Waals surface area contributed by atoms with Crippen molar-refractivity contribution in [3.8, 4) is 16.9 Å². The molecule has 1 N–H and O–H groups in total. The number of hydrogen-bond acceptors (Lipinski definition) is 5. The number of aromatic nitrogens is 1. The minimum atomic E-state index is -4.83. The van der Waals surface area contributed by atoms with Crippen LogP contribution in [0.3, 0.4) is 0 Å². The predicted octanol–water partition coefficient (Wildman–Crippen LogP) is 7.25. The Morgan fingerprint density at radius 1 is 1.05 bits per heavy atom. The van der Waals surface area contributed by atoms with Crippen LogP contribution in [0, 0.1) is 18.6 Å². The van der Waals surface area contributed by atoms with Gasteiger partial charge < -0.3 is 9.94 Å². The van der Waals surface area contributed by atoms with Gasteiger partial charge >= 0.3 is 6.18 Å². The SMILES string of the molecule is COc1cccc(-c2c(C)c(Cc3c(F)cccc3C(F)(F)F)c3n(c2=O)C(C(=NO)c2ccccc2)CS3)c1F. The average Bonchev–Trinajstić information content (AvgIpc) is 3.38. The molecule has 0 saturated carbocycles. The highest BCUT2D eigenvalue weighted by Gasteiger charge is 2.38. The van der Waals surface area contributed by atoms with Crippen molar-refractivity contribution in [1.82, 2.24) is 4.57 Å². The lowest BCUT2D eigenvalue weighted by atomic mass is 9.92. The van der Waals surface area contributed by atoms with E-state index < -0.39 is 47.0 Å². The van der Waals surface area contributed by atoms with Crippen molar-refractivity contribution in [3.05, 3.63) is 117 Å². The average molecular weight is 587 g/mol. The lowest BCUT2D eigenvalue weighted by Gasteiger charge is -2.22. The van der Waals surface area contributed by atoms with E-state index >= 15 is 4.39 Å². The van der Waals surface area contributed by atoms with Crippen molar-refractivity contribution in [3.63, 3.8) is 0 Å². The van der Waals surface area contributed by atoms with E-state index in [9.17, 15) is 27.6 Å². The summed E-state index contributed by atoms with van der Waals surface area (Å²) in [5.74, 6) is -1.82. The molecule has 0 aliphatic carbocycles. The highest BCUT2D eigenvalue weighted by Crippen LogP contribution is 2.43. The fourth-order valence-corrected chi connectivity index (χ4v) is 6.57. The number of ether oxygens (including phenoxy) is 1. The molecule has 4 aromatic rings. The number of hydrogen-bond donors (Lipinski definition) is 1. The Morgan fingerprint density at radius 2 is 1.76 bits per heavy atom. The van der Waals surface area contributed by atoms with Gasteiger partial charge in [0.05, 0.1) is 29.3 Å². The Kier molecular flexibility index (Phi) is 7.65. The number of oxime groups is 1. The van der Waals surface area contributed by atoms with Crippen LogP contribution in [-0.2, 0) is 12.6 Å². The van der Waals surface area contributed by atoms with Gasteiger partial charge in [-0.25, -0.2) is 8.78 Å². The van der Waals surface area contributed by atoms with E-state index in [1.54, 1.807) is 30.3 Å². The van der Waals surface area contributed by atoms with Gasteiger partial charge in [0, 0.05) is 28.9 Å². The predicted molar refractivity (Wildman–Crippen MR) is 146 cm³/mol. The molecule has 1 aliphatic heterocycles. The number of rotatable bonds is 6. The second-order valence-corrected chi connectivity index (χ2v) is 10.4. The summed E-state index contributed by atoms with van der Waals surface area (Å²) in [7, 11) is 1.27. The number of alkyl halides is 3. The standard InChI is InChI=1S/C30H23F5N2O3S/c1-16-19(14-20-21(30(33,34)35)11-7-12-22(20)31)29-37(23(15-41-29)27(36-39)17-8-4-3-5-9-17)28(38)25(16)18-10-6-13-24(40-2)26(18)32/h3-13,23,39H,14-15H2,1-2H3.